The Hall–Kier alpha value is -3.15. The van der Waals surface area contributed by atoms with Crippen LogP contribution in [0.5, 0.6) is 0 Å². The second kappa shape index (κ2) is 14.0. The highest BCUT2D eigenvalue weighted by Crippen LogP contribution is 2.17. The predicted molar refractivity (Wildman–Crippen MR) is 115 cm³/mol. The molecule has 2 amide bonds. The van der Waals surface area contributed by atoms with Gasteiger partial charge < -0.3 is 16.8 Å². The molecule has 0 spiro atoms. The highest BCUT2D eigenvalue weighted by atomic mass is 16.1. The highest BCUT2D eigenvalue weighted by molar-refractivity contribution is 5.93. The minimum absolute atomic E-state index is 0.0550. The monoisotopic (exact) mass is 382 g/mol. The zero-order valence-electron chi connectivity index (χ0n) is 16.4. The van der Waals surface area contributed by atoms with Crippen LogP contribution < -0.4 is 16.8 Å². The lowest BCUT2D eigenvalue weighted by Crippen LogP contribution is -2.12. The van der Waals surface area contributed by atoms with Crippen LogP contribution in [0.4, 0.5) is 11.4 Å². The largest absolute Gasteiger partial charge is 0.397 e. The lowest BCUT2D eigenvalue weighted by Gasteiger charge is -2.07. The van der Waals surface area contributed by atoms with Crippen LogP contribution in [0.25, 0.3) is 6.08 Å². The molecule has 0 aliphatic rings. The number of benzene rings is 1. The van der Waals surface area contributed by atoms with Gasteiger partial charge in [-0.2, -0.15) is 0 Å². The molecule has 0 aliphatic heterocycles. The third kappa shape index (κ3) is 10.8. The van der Waals surface area contributed by atoms with Gasteiger partial charge in [-0.1, -0.05) is 50.8 Å². The number of para-hydroxylation sites is 2. The van der Waals surface area contributed by atoms with E-state index in [0.29, 0.717) is 17.8 Å². The number of nitrogens with two attached hydrogens (primary N) is 2. The van der Waals surface area contributed by atoms with Gasteiger partial charge in [-0.15, -0.1) is 0 Å². The van der Waals surface area contributed by atoms with Crippen LogP contribution in [-0.2, 0) is 9.59 Å². The molecule has 0 saturated carbocycles. The van der Waals surface area contributed by atoms with E-state index in [9.17, 15) is 9.59 Å². The summed E-state index contributed by atoms with van der Waals surface area (Å²) in [5, 5.41) is 2.84. The van der Waals surface area contributed by atoms with Crippen LogP contribution in [0.1, 0.15) is 51.0 Å². The maximum atomic E-state index is 11.6. The van der Waals surface area contributed by atoms with Crippen molar-refractivity contribution in [3.63, 3.8) is 0 Å². The molecule has 5 N–H and O–H groups in total. The van der Waals surface area contributed by atoms with Gasteiger partial charge in [-0.05, 0) is 36.3 Å². The number of aromatic nitrogens is 1. The van der Waals surface area contributed by atoms with E-state index in [1.165, 1.54) is 25.3 Å². The van der Waals surface area contributed by atoms with E-state index in [4.69, 9.17) is 11.5 Å². The summed E-state index contributed by atoms with van der Waals surface area (Å²) in [4.78, 5) is 25.8. The quantitative estimate of drug-likeness (QED) is 0.344. The first-order valence-corrected chi connectivity index (χ1v) is 9.54. The normalized spacial score (nSPS) is 10.2. The fraction of sp³-hybridized carbons (Fsp3) is 0.318. The van der Waals surface area contributed by atoms with Crippen LogP contribution in [0.2, 0.25) is 0 Å². The van der Waals surface area contributed by atoms with E-state index in [2.05, 4.69) is 17.2 Å². The molecule has 28 heavy (non-hydrogen) atoms. The minimum Gasteiger partial charge on any atom is -0.397 e. The maximum Gasteiger partial charge on any atom is 0.241 e. The SMILES string of the molecule is CCCCCCCC(=O)Nc1ccccc1N.NC(=O)/C=C/c1cccnc1. The van der Waals surface area contributed by atoms with Crippen molar-refractivity contribution in [2.75, 3.05) is 11.1 Å². The number of unbranched alkanes of at least 4 members (excludes halogenated alkanes) is 4. The van der Waals surface area contributed by atoms with E-state index >= 15 is 0 Å². The molecule has 1 heterocycles. The van der Waals surface area contributed by atoms with Crippen molar-refractivity contribution >= 4 is 29.3 Å². The fourth-order valence-electron chi connectivity index (χ4n) is 2.37. The molecular formula is C22H30N4O2. The van der Waals surface area contributed by atoms with E-state index in [0.717, 1.165) is 18.4 Å². The number of hydrogen-bond acceptors (Lipinski definition) is 4. The van der Waals surface area contributed by atoms with Crippen molar-refractivity contribution in [2.24, 2.45) is 5.73 Å². The van der Waals surface area contributed by atoms with Crippen LogP contribution in [0.15, 0.2) is 54.9 Å². The zero-order chi connectivity index (χ0) is 20.6. The van der Waals surface area contributed by atoms with Crippen LogP contribution in [0, 0.1) is 0 Å². The third-order valence-corrected chi connectivity index (χ3v) is 3.87. The number of carbonyl (C=O) groups excluding carboxylic acids is 2. The molecule has 1 aromatic carbocycles. The Labute approximate surface area is 167 Å². The number of anilines is 2. The summed E-state index contributed by atoms with van der Waals surface area (Å²) in [5.41, 5.74) is 12.8. The number of amides is 2. The first-order valence-electron chi connectivity index (χ1n) is 9.54. The van der Waals surface area contributed by atoms with Crippen molar-refractivity contribution in [1.29, 1.82) is 0 Å². The van der Waals surface area contributed by atoms with E-state index in [1.807, 2.05) is 24.3 Å². The molecule has 6 nitrogen and oxygen atoms in total. The smallest absolute Gasteiger partial charge is 0.241 e. The predicted octanol–water partition coefficient (Wildman–Crippen LogP) is 4.15. The number of hydrogen-bond donors (Lipinski definition) is 3. The number of carbonyl (C=O) groups is 2. The molecule has 2 rings (SSSR count). The van der Waals surface area contributed by atoms with Gasteiger partial charge in [0.05, 0.1) is 11.4 Å². The molecule has 0 saturated heterocycles. The molecule has 1 aromatic heterocycles. The maximum absolute atomic E-state index is 11.6. The lowest BCUT2D eigenvalue weighted by atomic mass is 10.1. The first-order chi connectivity index (χ1) is 13.5. The van der Waals surface area contributed by atoms with Gasteiger partial charge in [0.1, 0.15) is 0 Å². The molecule has 150 valence electrons. The number of nitrogens with one attached hydrogen (secondary N) is 1. The summed E-state index contributed by atoms with van der Waals surface area (Å²) in [6, 6.07) is 11.0. The van der Waals surface area contributed by atoms with E-state index < -0.39 is 5.91 Å². The van der Waals surface area contributed by atoms with Crippen molar-refractivity contribution in [1.82, 2.24) is 4.98 Å². The number of nitrogen functional groups attached to an aromatic ring is 1. The summed E-state index contributed by atoms with van der Waals surface area (Å²) in [6.07, 6.45) is 12.6. The summed E-state index contributed by atoms with van der Waals surface area (Å²) in [5.74, 6) is -0.395. The lowest BCUT2D eigenvalue weighted by molar-refractivity contribution is -0.116. The number of primary amides is 1. The summed E-state index contributed by atoms with van der Waals surface area (Å²) in [7, 11) is 0. The highest BCUT2D eigenvalue weighted by Gasteiger charge is 2.03. The van der Waals surface area contributed by atoms with Crippen molar-refractivity contribution < 1.29 is 9.59 Å². The Bertz CT molecular complexity index is 745. The van der Waals surface area contributed by atoms with E-state index in [-0.39, 0.29) is 5.91 Å². The number of rotatable bonds is 9. The number of nitrogens with zero attached hydrogens (tertiary/aromatic N) is 1. The second-order valence-corrected chi connectivity index (χ2v) is 6.32. The van der Waals surface area contributed by atoms with Crippen molar-refractivity contribution in [3.8, 4) is 0 Å². The molecule has 0 aliphatic carbocycles. The van der Waals surface area contributed by atoms with Gasteiger partial charge in [0.25, 0.3) is 0 Å². The standard InChI is InChI=1S/C14H22N2O.C8H8N2O/c1-2-3-4-5-6-11-14(17)16-13-10-8-7-9-12(13)15;9-8(11)4-3-7-2-1-5-10-6-7/h7-10H,2-6,11,15H2,1H3,(H,16,17);1-6H,(H2,9,11)/b;4-3+. The average Bonchev–Trinajstić information content (AvgIpc) is 2.69. The van der Waals surface area contributed by atoms with Crippen LogP contribution in [-0.4, -0.2) is 16.8 Å². The summed E-state index contributed by atoms with van der Waals surface area (Å²) in [6.45, 7) is 2.19. The number of pyridine rings is 1. The van der Waals surface area contributed by atoms with Gasteiger partial charge in [-0.25, -0.2) is 0 Å². The van der Waals surface area contributed by atoms with E-state index in [1.54, 1.807) is 30.6 Å². The molecule has 0 fully saturated rings. The molecule has 0 bridgehead atoms. The summed E-state index contributed by atoms with van der Waals surface area (Å²) >= 11 is 0. The molecule has 0 unspecified atom stereocenters. The molecule has 2 aromatic rings. The molecule has 0 radical (unpaired) electrons. The first kappa shape index (κ1) is 22.9. The average molecular weight is 383 g/mol. The minimum atomic E-state index is -0.450. The van der Waals surface area contributed by atoms with Crippen molar-refractivity contribution in [3.05, 3.63) is 60.4 Å². The molecule has 0 atom stereocenters. The molecular weight excluding hydrogens is 352 g/mol. The van der Waals surface area contributed by atoms with Gasteiger partial charge in [0, 0.05) is 24.9 Å². The van der Waals surface area contributed by atoms with Crippen molar-refractivity contribution in [2.45, 2.75) is 45.4 Å². The Morgan fingerprint density at radius 3 is 2.46 bits per heavy atom. The van der Waals surface area contributed by atoms with Gasteiger partial charge >= 0.3 is 0 Å². The summed E-state index contributed by atoms with van der Waals surface area (Å²) < 4.78 is 0. The Kier molecular flexibility index (Phi) is 11.4. The fourth-order valence-corrected chi connectivity index (χ4v) is 2.37. The van der Waals surface area contributed by atoms with Gasteiger partial charge in [-0.3, -0.25) is 14.6 Å². The Balaban J connectivity index is 0.000000307. The second-order valence-electron chi connectivity index (χ2n) is 6.32. The zero-order valence-corrected chi connectivity index (χ0v) is 16.4. The van der Waals surface area contributed by atoms with Gasteiger partial charge in [0.2, 0.25) is 11.8 Å². The van der Waals surface area contributed by atoms with Gasteiger partial charge in [0.15, 0.2) is 0 Å². The molecule has 6 heteroatoms. The Morgan fingerprint density at radius 1 is 1.07 bits per heavy atom. The van der Waals surface area contributed by atoms with Crippen LogP contribution in [0.3, 0.4) is 0 Å². The Morgan fingerprint density at radius 2 is 1.82 bits per heavy atom. The van der Waals surface area contributed by atoms with Crippen LogP contribution >= 0.6 is 0 Å². The topological polar surface area (TPSA) is 111 Å². The third-order valence-electron chi connectivity index (χ3n) is 3.87.